The van der Waals surface area contributed by atoms with Crippen molar-refractivity contribution in [3.63, 3.8) is 0 Å². The minimum absolute atomic E-state index is 0.302. The normalized spacial score (nSPS) is 12.0. The first-order chi connectivity index (χ1) is 3.56. The van der Waals surface area contributed by atoms with Gasteiger partial charge in [0.1, 0.15) is 11.7 Å². The van der Waals surface area contributed by atoms with Crippen LogP contribution < -0.4 is 0 Å². The van der Waals surface area contributed by atoms with Crippen LogP contribution in [-0.2, 0) is 9.47 Å². The molecule has 0 aliphatic heterocycles. The van der Waals surface area contributed by atoms with Gasteiger partial charge in [0.2, 0.25) is 0 Å². The highest BCUT2D eigenvalue weighted by Crippen LogP contribution is 2.12. The fourth-order valence-corrected chi connectivity index (χ4v) is 0.256. The van der Waals surface area contributed by atoms with Gasteiger partial charge in [-0.25, -0.2) is 0 Å². The molecule has 50 valence electrons. The maximum Gasteiger partial charge on any atom is 0.148 e. The molecule has 0 saturated carbocycles. The maximum atomic E-state index is 5.02. The zero-order valence-electron chi connectivity index (χ0n) is 5.47. The molecule has 0 aromatic rings. The van der Waals surface area contributed by atoms with E-state index in [1.807, 2.05) is 13.8 Å². The van der Waals surface area contributed by atoms with Crippen LogP contribution in [0.4, 0.5) is 0 Å². The SMILES string of the molecule is COCOC(C)(C)S. The van der Waals surface area contributed by atoms with Crippen LogP contribution in [-0.4, -0.2) is 18.8 Å². The first kappa shape index (κ1) is 8.27. The number of ether oxygens (including phenoxy) is 2. The molecule has 0 N–H and O–H groups in total. The van der Waals surface area contributed by atoms with Crippen molar-refractivity contribution in [2.24, 2.45) is 0 Å². The third-order valence-electron chi connectivity index (χ3n) is 0.530. The maximum absolute atomic E-state index is 5.02. The highest BCUT2D eigenvalue weighted by molar-refractivity contribution is 7.81. The molecule has 0 heterocycles. The van der Waals surface area contributed by atoms with E-state index in [1.54, 1.807) is 7.11 Å². The van der Waals surface area contributed by atoms with Gasteiger partial charge in [0.25, 0.3) is 0 Å². The first-order valence-electron chi connectivity index (χ1n) is 2.41. The Hall–Kier alpha value is 0.270. The molecule has 0 unspecified atom stereocenters. The molecule has 0 spiro atoms. The lowest BCUT2D eigenvalue weighted by Crippen LogP contribution is -2.17. The molecule has 0 atom stereocenters. The van der Waals surface area contributed by atoms with Crippen LogP contribution in [0.25, 0.3) is 0 Å². The quantitative estimate of drug-likeness (QED) is 0.465. The molecular formula is C5H12O2S. The van der Waals surface area contributed by atoms with E-state index in [2.05, 4.69) is 17.4 Å². The molecule has 0 aliphatic carbocycles. The number of thiol groups is 1. The molecule has 0 fully saturated rings. The van der Waals surface area contributed by atoms with E-state index in [-0.39, 0.29) is 4.93 Å². The Balaban J connectivity index is 3.11. The highest BCUT2D eigenvalue weighted by Gasteiger charge is 2.09. The number of hydrogen-bond acceptors (Lipinski definition) is 3. The molecule has 0 saturated heterocycles. The Bertz CT molecular complexity index is 57.9. The smallest absolute Gasteiger partial charge is 0.148 e. The summed E-state index contributed by atoms with van der Waals surface area (Å²) in [5, 5.41) is 0. The Morgan fingerprint density at radius 2 is 2.00 bits per heavy atom. The lowest BCUT2D eigenvalue weighted by Gasteiger charge is -2.16. The number of rotatable bonds is 3. The minimum Gasteiger partial charge on any atom is -0.359 e. The van der Waals surface area contributed by atoms with E-state index in [4.69, 9.17) is 4.74 Å². The second-order valence-electron chi connectivity index (χ2n) is 2.00. The van der Waals surface area contributed by atoms with Gasteiger partial charge in [-0.15, -0.1) is 12.6 Å². The summed E-state index contributed by atoms with van der Waals surface area (Å²) >= 11 is 4.09. The molecule has 2 nitrogen and oxygen atoms in total. The van der Waals surface area contributed by atoms with Gasteiger partial charge in [0.15, 0.2) is 0 Å². The van der Waals surface area contributed by atoms with Crippen LogP contribution in [0, 0.1) is 0 Å². The van der Waals surface area contributed by atoms with Crippen molar-refractivity contribution in [2.45, 2.75) is 18.8 Å². The van der Waals surface area contributed by atoms with E-state index in [0.29, 0.717) is 6.79 Å². The zero-order valence-corrected chi connectivity index (χ0v) is 6.37. The summed E-state index contributed by atoms with van der Waals surface area (Å²) in [4.78, 5) is -0.379. The average molecular weight is 136 g/mol. The largest absolute Gasteiger partial charge is 0.359 e. The molecule has 0 rings (SSSR count). The van der Waals surface area contributed by atoms with Crippen molar-refractivity contribution in [1.29, 1.82) is 0 Å². The standard InChI is InChI=1S/C5H12O2S/c1-5(2,8)7-4-6-3/h8H,4H2,1-3H3. The lowest BCUT2D eigenvalue weighted by atomic mass is 10.5. The van der Waals surface area contributed by atoms with E-state index < -0.39 is 0 Å². The van der Waals surface area contributed by atoms with Gasteiger partial charge in [-0.3, -0.25) is 0 Å². The molecule has 0 aromatic heterocycles. The number of hydrogen-bond donors (Lipinski definition) is 1. The fourth-order valence-electron chi connectivity index (χ4n) is 0.203. The Kier molecular flexibility index (Phi) is 3.44. The van der Waals surface area contributed by atoms with Gasteiger partial charge in [0.05, 0.1) is 0 Å². The Morgan fingerprint density at radius 1 is 1.50 bits per heavy atom. The zero-order chi connectivity index (χ0) is 6.62. The average Bonchev–Trinajstić information content (AvgIpc) is 1.59. The first-order valence-corrected chi connectivity index (χ1v) is 2.86. The van der Waals surface area contributed by atoms with Gasteiger partial charge in [-0.1, -0.05) is 0 Å². The van der Waals surface area contributed by atoms with Crippen molar-refractivity contribution in [1.82, 2.24) is 0 Å². The van der Waals surface area contributed by atoms with E-state index in [0.717, 1.165) is 0 Å². The van der Waals surface area contributed by atoms with Crippen molar-refractivity contribution in [2.75, 3.05) is 13.9 Å². The second-order valence-corrected chi connectivity index (χ2v) is 3.07. The predicted molar refractivity (Wildman–Crippen MR) is 36.0 cm³/mol. The van der Waals surface area contributed by atoms with Crippen molar-refractivity contribution >= 4 is 12.6 Å². The molecular weight excluding hydrogens is 124 g/mol. The summed E-state index contributed by atoms with van der Waals surface area (Å²) in [5.41, 5.74) is 0. The Labute approximate surface area is 55.6 Å². The van der Waals surface area contributed by atoms with Crippen molar-refractivity contribution in [3.8, 4) is 0 Å². The van der Waals surface area contributed by atoms with E-state index >= 15 is 0 Å². The summed E-state index contributed by atoms with van der Waals surface area (Å²) in [7, 11) is 1.58. The van der Waals surface area contributed by atoms with Gasteiger partial charge < -0.3 is 9.47 Å². The van der Waals surface area contributed by atoms with Gasteiger partial charge in [0, 0.05) is 7.11 Å². The van der Waals surface area contributed by atoms with Crippen LogP contribution in [0.3, 0.4) is 0 Å². The van der Waals surface area contributed by atoms with E-state index in [9.17, 15) is 0 Å². The third kappa shape index (κ3) is 6.27. The summed E-state index contributed by atoms with van der Waals surface area (Å²) in [6.45, 7) is 4.01. The summed E-state index contributed by atoms with van der Waals surface area (Å²) < 4.78 is 9.67. The van der Waals surface area contributed by atoms with Crippen molar-refractivity contribution in [3.05, 3.63) is 0 Å². The highest BCUT2D eigenvalue weighted by atomic mass is 32.1. The van der Waals surface area contributed by atoms with Crippen LogP contribution in [0.5, 0.6) is 0 Å². The van der Waals surface area contributed by atoms with E-state index in [1.165, 1.54) is 0 Å². The molecule has 0 radical (unpaired) electrons. The summed E-state index contributed by atoms with van der Waals surface area (Å²) in [6, 6.07) is 0. The summed E-state index contributed by atoms with van der Waals surface area (Å²) in [5.74, 6) is 0. The molecule has 0 amide bonds. The van der Waals surface area contributed by atoms with Crippen molar-refractivity contribution < 1.29 is 9.47 Å². The molecule has 8 heavy (non-hydrogen) atoms. The Morgan fingerprint density at radius 3 is 2.12 bits per heavy atom. The molecule has 0 bridgehead atoms. The minimum atomic E-state index is -0.379. The number of methoxy groups -OCH3 is 1. The van der Waals surface area contributed by atoms with Crippen LogP contribution in [0.2, 0.25) is 0 Å². The fraction of sp³-hybridized carbons (Fsp3) is 1.00. The monoisotopic (exact) mass is 136 g/mol. The van der Waals surface area contributed by atoms with Crippen LogP contribution in [0.1, 0.15) is 13.8 Å². The van der Waals surface area contributed by atoms with Gasteiger partial charge in [-0.05, 0) is 13.8 Å². The van der Waals surface area contributed by atoms with Crippen LogP contribution in [0.15, 0.2) is 0 Å². The molecule has 0 aromatic carbocycles. The van der Waals surface area contributed by atoms with Crippen LogP contribution >= 0.6 is 12.6 Å². The van der Waals surface area contributed by atoms with Gasteiger partial charge in [-0.2, -0.15) is 0 Å². The summed E-state index contributed by atoms with van der Waals surface area (Å²) in [6.07, 6.45) is 0. The lowest BCUT2D eigenvalue weighted by molar-refractivity contribution is -0.0724. The third-order valence-corrected chi connectivity index (χ3v) is 0.659. The second kappa shape index (κ2) is 3.33. The van der Waals surface area contributed by atoms with Gasteiger partial charge >= 0.3 is 0 Å². The topological polar surface area (TPSA) is 18.5 Å². The molecule has 0 aliphatic rings. The predicted octanol–water partition coefficient (Wildman–Crippen LogP) is 1.27. The molecule has 3 heteroatoms.